The molecule has 0 unspecified atom stereocenters. The van der Waals surface area contributed by atoms with Crippen molar-refractivity contribution in [3.63, 3.8) is 0 Å². The Morgan fingerprint density at radius 2 is 1.83 bits per heavy atom. The van der Waals surface area contributed by atoms with Crippen LogP contribution in [-0.2, 0) is 0 Å². The van der Waals surface area contributed by atoms with Gasteiger partial charge in [0.25, 0.3) is 0 Å². The Kier molecular flexibility index (Phi) is 4.41. The lowest BCUT2D eigenvalue weighted by Gasteiger charge is -2.07. The summed E-state index contributed by atoms with van der Waals surface area (Å²) in [6.07, 6.45) is 0. The Bertz CT molecular complexity index is 831. The molecule has 0 bridgehead atoms. The lowest BCUT2D eigenvalue weighted by Crippen LogP contribution is -2.00. The van der Waals surface area contributed by atoms with Gasteiger partial charge in [-0.25, -0.2) is 4.68 Å². The molecule has 118 valence electrons. The van der Waals surface area contributed by atoms with E-state index in [2.05, 4.69) is 10.1 Å². The second kappa shape index (κ2) is 6.48. The summed E-state index contributed by atoms with van der Waals surface area (Å²) < 4.78 is 7.11. The molecule has 0 fully saturated rings. The van der Waals surface area contributed by atoms with E-state index in [0.29, 0.717) is 34.2 Å². The second-order valence-corrected chi connectivity index (χ2v) is 5.60. The number of benzene rings is 2. The zero-order chi connectivity index (χ0) is 16.4. The molecular formula is C16H14Cl2N4O. The molecule has 3 rings (SSSR count). The third kappa shape index (κ3) is 3.25. The zero-order valence-corrected chi connectivity index (χ0v) is 13.8. The Morgan fingerprint density at radius 1 is 1.09 bits per heavy atom. The Balaban J connectivity index is 2.14. The number of rotatable bonds is 4. The van der Waals surface area contributed by atoms with E-state index in [1.165, 1.54) is 0 Å². The number of anilines is 1. The van der Waals surface area contributed by atoms with Gasteiger partial charge in [0, 0.05) is 11.3 Å². The van der Waals surface area contributed by atoms with Crippen molar-refractivity contribution in [2.24, 2.45) is 0 Å². The molecular weight excluding hydrogens is 335 g/mol. The topological polar surface area (TPSA) is 66.0 Å². The first-order valence-corrected chi connectivity index (χ1v) is 7.75. The first-order valence-electron chi connectivity index (χ1n) is 6.99. The van der Waals surface area contributed by atoms with Gasteiger partial charge in [-0.05, 0) is 49.4 Å². The van der Waals surface area contributed by atoms with Gasteiger partial charge in [-0.15, -0.1) is 5.10 Å². The van der Waals surface area contributed by atoms with Crippen molar-refractivity contribution >= 4 is 28.9 Å². The first-order chi connectivity index (χ1) is 11.1. The molecule has 0 atom stereocenters. The third-order valence-corrected chi connectivity index (χ3v) is 3.92. The molecule has 0 radical (unpaired) electrons. The quantitative estimate of drug-likeness (QED) is 0.716. The summed E-state index contributed by atoms with van der Waals surface area (Å²) in [6, 6.07) is 12.9. The molecule has 0 aliphatic heterocycles. The average molecular weight is 349 g/mol. The predicted octanol–water partition coefficient (Wildman–Crippen LogP) is 4.22. The normalized spacial score (nSPS) is 10.7. The second-order valence-electron chi connectivity index (χ2n) is 4.78. The van der Waals surface area contributed by atoms with Gasteiger partial charge in [0.05, 0.1) is 22.3 Å². The van der Waals surface area contributed by atoms with Gasteiger partial charge in [-0.1, -0.05) is 23.2 Å². The molecule has 0 aliphatic rings. The van der Waals surface area contributed by atoms with Crippen LogP contribution in [0.2, 0.25) is 10.0 Å². The largest absolute Gasteiger partial charge is 0.463 e. The van der Waals surface area contributed by atoms with Crippen molar-refractivity contribution < 1.29 is 4.74 Å². The van der Waals surface area contributed by atoms with E-state index < -0.39 is 0 Å². The Labute approximate surface area is 143 Å². The van der Waals surface area contributed by atoms with E-state index in [1.54, 1.807) is 28.9 Å². The van der Waals surface area contributed by atoms with Gasteiger partial charge in [-0.2, -0.15) is 4.98 Å². The van der Waals surface area contributed by atoms with Crippen molar-refractivity contribution in [1.82, 2.24) is 14.8 Å². The van der Waals surface area contributed by atoms with Crippen LogP contribution in [0.3, 0.4) is 0 Å². The number of ether oxygens (including phenoxy) is 1. The van der Waals surface area contributed by atoms with E-state index in [1.807, 2.05) is 25.1 Å². The fourth-order valence-corrected chi connectivity index (χ4v) is 2.40. The van der Waals surface area contributed by atoms with Crippen molar-refractivity contribution in [3.05, 3.63) is 52.5 Å². The van der Waals surface area contributed by atoms with Gasteiger partial charge in [0.1, 0.15) is 0 Å². The number of nitrogens with two attached hydrogens (primary N) is 1. The van der Waals surface area contributed by atoms with Crippen LogP contribution in [0.15, 0.2) is 42.5 Å². The molecule has 3 aromatic rings. The van der Waals surface area contributed by atoms with Crippen molar-refractivity contribution in [2.45, 2.75) is 6.92 Å². The van der Waals surface area contributed by atoms with Crippen LogP contribution in [0.5, 0.6) is 6.01 Å². The van der Waals surface area contributed by atoms with E-state index in [0.717, 1.165) is 11.3 Å². The summed E-state index contributed by atoms with van der Waals surface area (Å²) in [6.45, 7) is 2.36. The molecule has 0 aliphatic carbocycles. The minimum Gasteiger partial charge on any atom is -0.463 e. The molecule has 0 saturated heterocycles. The smallest absolute Gasteiger partial charge is 0.336 e. The zero-order valence-electron chi connectivity index (χ0n) is 12.3. The Morgan fingerprint density at radius 3 is 2.48 bits per heavy atom. The highest BCUT2D eigenvalue weighted by molar-refractivity contribution is 6.42. The number of aromatic nitrogens is 3. The standard InChI is InChI=1S/C16H14Cl2N4O/c1-2-23-16-20-15(10-3-8-13(17)14(18)9-10)22(21-16)12-6-4-11(19)5-7-12/h3-9H,2,19H2,1H3. The van der Waals surface area contributed by atoms with Crippen LogP contribution in [0.4, 0.5) is 5.69 Å². The van der Waals surface area contributed by atoms with Crippen molar-refractivity contribution in [3.8, 4) is 23.1 Å². The maximum absolute atomic E-state index is 6.11. The number of nitrogen functional groups attached to an aromatic ring is 1. The molecule has 0 amide bonds. The summed E-state index contributed by atoms with van der Waals surface area (Å²) in [4.78, 5) is 4.44. The number of hydrogen-bond donors (Lipinski definition) is 1. The minimum absolute atomic E-state index is 0.297. The summed E-state index contributed by atoms with van der Waals surface area (Å²) in [7, 11) is 0. The minimum atomic E-state index is 0.297. The molecule has 0 spiro atoms. The van der Waals surface area contributed by atoms with E-state index in [4.69, 9.17) is 33.7 Å². The summed E-state index contributed by atoms with van der Waals surface area (Å²) in [5.74, 6) is 0.608. The summed E-state index contributed by atoms with van der Waals surface area (Å²) in [5, 5.41) is 5.33. The molecule has 23 heavy (non-hydrogen) atoms. The van der Waals surface area contributed by atoms with Gasteiger partial charge < -0.3 is 10.5 Å². The number of halogens is 2. The highest BCUT2D eigenvalue weighted by Gasteiger charge is 2.15. The van der Waals surface area contributed by atoms with Gasteiger partial charge in [0.15, 0.2) is 5.82 Å². The maximum Gasteiger partial charge on any atom is 0.336 e. The highest BCUT2D eigenvalue weighted by atomic mass is 35.5. The molecule has 5 nitrogen and oxygen atoms in total. The molecule has 2 aromatic carbocycles. The fraction of sp³-hybridized carbons (Fsp3) is 0.125. The number of nitrogens with zero attached hydrogens (tertiary/aromatic N) is 3. The molecule has 1 heterocycles. The predicted molar refractivity (Wildman–Crippen MR) is 92.4 cm³/mol. The van der Waals surface area contributed by atoms with Crippen LogP contribution >= 0.6 is 23.2 Å². The fourth-order valence-electron chi connectivity index (χ4n) is 2.10. The Hall–Kier alpha value is -2.24. The molecule has 1 aromatic heterocycles. The van der Waals surface area contributed by atoms with E-state index >= 15 is 0 Å². The lowest BCUT2D eigenvalue weighted by atomic mass is 10.2. The number of hydrogen-bond acceptors (Lipinski definition) is 4. The van der Waals surface area contributed by atoms with Gasteiger partial charge in [-0.3, -0.25) is 0 Å². The third-order valence-electron chi connectivity index (χ3n) is 3.18. The first kappa shape index (κ1) is 15.6. The van der Waals surface area contributed by atoms with Crippen LogP contribution in [-0.4, -0.2) is 21.4 Å². The molecule has 2 N–H and O–H groups in total. The van der Waals surface area contributed by atoms with Crippen LogP contribution in [0.1, 0.15) is 6.92 Å². The van der Waals surface area contributed by atoms with E-state index in [-0.39, 0.29) is 0 Å². The van der Waals surface area contributed by atoms with E-state index in [9.17, 15) is 0 Å². The van der Waals surface area contributed by atoms with Crippen LogP contribution < -0.4 is 10.5 Å². The average Bonchev–Trinajstić information content (AvgIpc) is 2.95. The highest BCUT2D eigenvalue weighted by Crippen LogP contribution is 2.30. The van der Waals surface area contributed by atoms with Crippen LogP contribution in [0.25, 0.3) is 17.1 Å². The summed E-state index contributed by atoms with van der Waals surface area (Å²) >= 11 is 12.1. The van der Waals surface area contributed by atoms with Crippen LogP contribution in [0, 0.1) is 0 Å². The van der Waals surface area contributed by atoms with Gasteiger partial charge >= 0.3 is 6.01 Å². The van der Waals surface area contributed by atoms with Gasteiger partial charge in [0.2, 0.25) is 0 Å². The SMILES string of the molecule is CCOc1nc(-c2ccc(Cl)c(Cl)c2)n(-c2ccc(N)cc2)n1. The maximum atomic E-state index is 6.11. The van der Waals surface area contributed by atoms with Crippen molar-refractivity contribution in [1.29, 1.82) is 0 Å². The van der Waals surface area contributed by atoms with Crippen molar-refractivity contribution in [2.75, 3.05) is 12.3 Å². The summed E-state index contributed by atoms with van der Waals surface area (Å²) in [5.41, 5.74) is 8.02. The molecule has 7 heteroatoms. The molecule has 0 saturated carbocycles. The lowest BCUT2D eigenvalue weighted by molar-refractivity contribution is 0.312. The monoisotopic (exact) mass is 348 g/mol.